The van der Waals surface area contributed by atoms with Crippen molar-refractivity contribution in [3.63, 3.8) is 0 Å². The third kappa shape index (κ3) is 2.70. The summed E-state index contributed by atoms with van der Waals surface area (Å²) in [5.41, 5.74) is 0.889. The summed E-state index contributed by atoms with van der Waals surface area (Å²) in [6.07, 6.45) is 5.68. The fraction of sp³-hybridized carbons (Fsp3) is 0.235. The number of carbonyl (C=O) groups excluding carboxylic acids is 3. The number of ether oxygens (including phenoxy) is 1. The molecule has 0 bridgehead atoms. The van der Waals surface area contributed by atoms with Crippen molar-refractivity contribution >= 4 is 23.6 Å². The Morgan fingerprint density at radius 2 is 1.95 bits per heavy atom. The minimum absolute atomic E-state index is 0.121. The predicted molar refractivity (Wildman–Crippen MR) is 76.1 cm³/mol. The average molecular weight is 282 g/mol. The number of ketones is 2. The average Bonchev–Trinajstić information content (AvgIpc) is 2.86. The maximum absolute atomic E-state index is 12.3. The monoisotopic (exact) mass is 282 g/mol. The lowest BCUT2D eigenvalue weighted by Crippen LogP contribution is -2.36. The third-order valence-electron chi connectivity index (χ3n) is 3.82. The van der Waals surface area contributed by atoms with E-state index in [4.69, 9.17) is 4.74 Å². The van der Waals surface area contributed by atoms with Crippen molar-refractivity contribution in [1.29, 1.82) is 0 Å². The van der Waals surface area contributed by atoms with Crippen LogP contribution >= 0.6 is 0 Å². The Kier molecular flexibility index (Phi) is 3.52. The number of hydrogen-bond acceptors (Lipinski definition) is 4. The normalized spacial score (nSPS) is 27.7. The van der Waals surface area contributed by atoms with Crippen LogP contribution in [0.25, 0.3) is 6.08 Å². The molecule has 1 aromatic rings. The van der Waals surface area contributed by atoms with Gasteiger partial charge in [0, 0.05) is 5.92 Å². The summed E-state index contributed by atoms with van der Waals surface area (Å²) in [7, 11) is 0. The molecule has 1 aliphatic carbocycles. The van der Waals surface area contributed by atoms with E-state index in [1.165, 1.54) is 12.2 Å². The van der Waals surface area contributed by atoms with Crippen LogP contribution in [0.2, 0.25) is 0 Å². The van der Waals surface area contributed by atoms with Gasteiger partial charge in [0.15, 0.2) is 11.6 Å². The van der Waals surface area contributed by atoms with Crippen LogP contribution in [0.1, 0.15) is 12.0 Å². The van der Waals surface area contributed by atoms with Crippen LogP contribution in [0.5, 0.6) is 0 Å². The molecular weight excluding hydrogens is 268 g/mol. The van der Waals surface area contributed by atoms with Gasteiger partial charge in [0.05, 0.1) is 12.3 Å². The van der Waals surface area contributed by atoms with E-state index < -0.39 is 12.0 Å². The lowest BCUT2D eigenvalue weighted by molar-refractivity contribution is -0.141. The Balaban J connectivity index is 1.80. The van der Waals surface area contributed by atoms with E-state index >= 15 is 0 Å². The van der Waals surface area contributed by atoms with E-state index in [1.807, 2.05) is 30.3 Å². The van der Waals surface area contributed by atoms with E-state index in [2.05, 4.69) is 0 Å². The molecule has 0 saturated carbocycles. The molecule has 0 amide bonds. The van der Waals surface area contributed by atoms with Gasteiger partial charge < -0.3 is 4.74 Å². The molecule has 1 fully saturated rings. The van der Waals surface area contributed by atoms with Crippen LogP contribution in [0, 0.1) is 11.8 Å². The van der Waals surface area contributed by atoms with Crippen molar-refractivity contribution in [3.8, 4) is 0 Å². The number of rotatable bonds is 3. The van der Waals surface area contributed by atoms with Gasteiger partial charge in [-0.15, -0.1) is 0 Å². The fourth-order valence-corrected chi connectivity index (χ4v) is 2.79. The number of allylic oxidation sites excluding steroid dienone is 2. The highest BCUT2D eigenvalue weighted by molar-refractivity contribution is 6.13. The summed E-state index contributed by atoms with van der Waals surface area (Å²) in [6, 6.07) is 9.38. The Morgan fingerprint density at radius 3 is 2.71 bits per heavy atom. The molecule has 0 spiro atoms. The zero-order valence-corrected chi connectivity index (χ0v) is 11.3. The summed E-state index contributed by atoms with van der Waals surface area (Å²) in [6.45, 7) is 0. The molecule has 1 saturated heterocycles. The topological polar surface area (TPSA) is 60.4 Å². The second kappa shape index (κ2) is 5.48. The first-order chi connectivity index (χ1) is 10.1. The predicted octanol–water partition coefficient (Wildman–Crippen LogP) is 1.96. The van der Waals surface area contributed by atoms with Crippen molar-refractivity contribution in [1.82, 2.24) is 0 Å². The highest BCUT2D eigenvalue weighted by Crippen LogP contribution is 2.34. The molecular formula is C17H14O4. The van der Waals surface area contributed by atoms with E-state index in [1.54, 1.807) is 12.2 Å². The van der Waals surface area contributed by atoms with Gasteiger partial charge >= 0.3 is 5.97 Å². The molecule has 0 aromatic heterocycles. The van der Waals surface area contributed by atoms with E-state index in [0.29, 0.717) is 0 Å². The van der Waals surface area contributed by atoms with Gasteiger partial charge in [0.1, 0.15) is 6.10 Å². The molecule has 0 radical (unpaired) electrons. The Bertz CT molecular complexity index is 642. The first-order valence-corrected chi connectivity index (χ1v) is 6.83. The Hall–Kier alpha value is -2.49. The van der Waals surface area contributed by atoms with Crippen molar-refractivity contribution in [3.05, 3.63) is 54.1 Å². The largest absolute Gasteiger partial charge is 0.458 e. The highest BCUT2D eigenvalue weighted by Gasteiger charge is 2.46. The summed E-state index contributed by atoms with van der Waals surface area (Å²) >= 11 is 0. The molecule has 1 aromatic carbocycles. The Morgan fingerprint density at radius 1 is 1.19 bits per heavy atom. The van der Waals surface area contributed by atoms with Gasteiger partial charge in [-0.2, -0.15) is 0 Å². The molecule has 4 heteroatoms. The van der Waals surface area contributed by atoms with E-state index in [9.17, 15) is 14.4 Å². The summed E-state index contributed by atoms with van der Waals surface area (Å²) < 4.78 is 5.10. The first-order valence-electron chi connectivity index (χ1n) is 6.83. The molecule has 1 aliphatic heterocycles. The number of fused-ring (bicyclic) bond motifs is 1. The van der Waals surface area contributed by atoms with E-state index in [-0.39, 0.29) is 29.9 Å². The Labute approximate surface area is 122 Å². The molecule has 2 aliphatic rings. The molecule has 1 unspecified atom stereocenters. The number of hydrogen-bond donors (Lipinski definition) is 0. The highest BCUT2D eigenvalue weighted by atomic mass is 16.5. The van der Waals surface area contributed by atoms with Crippen LogP contribution in [0.15, 0.2) is 48.6 Å². The molecule has 3 atom stereocenters. The number of carbonyl (C=O) groups is 3. The molecule has 21 heavy (non-hydrogen) atoms. The van der Waals surface area contributed by atoms with Crippen molar-refractivity contribution in [2.24, 2.45) is 11.8 Å². The fourth-order valence-electron chi connectivity index (χ4n) is 2.79. The SMILES string of the molecule is O=C1C[C@H]2C(C(=O)C=Cc3ccccc3)C(=O)C=C[C@H]2O1. The quantitative estimate of drug-likeness (QED) is 0.483. The van der Waals surface area contributed by atoms with Crippen molar-refractivity contribution < 1.29 is 19.1 Å². The first kappa shape index (κ1) is 13.5. The lowest BCUT2D eigenvalue weighted by atomic mass is 9.77. The van der Waals surface area contributed by atoms with Crippen LogP contribution < -0.4 is 0 Å². The molecule has 0 N–H and O–H groups in total. The van der Waals surface area contributed by atoms with Crippen LogP contribution in [-0.2, 0) is 19.1 Å². The summed E-state index contributed by atoms with van der Waals surface area (Å²) in [4.78, 5) is 35.7. The molecule has 4 nitrogen and oxygen atoms in total. The van der Waals surface area contributed by atoms with Gasteiger partial charge in [-0.3, -0.25) is 14.4 Å². The maximum Gasteiger partial charge on any atom is 0.306 e. The second-order valence-corrected chi connectivity index (χ2v) is 5.21. The van der Waals surface area contributed by atoms with Gasteiger partial charge in [-0.1, -0.05) is 36.4 Å². The van der Waals surface area contributed by atoms with Gasteiger partial charge in [0.2, 0.25) is 0 Å². The zero-order chi connectivity index (χ0) is 14.8. The van der Waals surface area contributed by atoms with Crippen molar-refractivity contribution in [2.45, 2.75) is 12.5 Å². The second-order valence-electron chi connectivity index (χ2n) is 5.21. The number of benzene rings is 1. The summed E-state index contributed by atoms with van der Waals surface area (Å²) in [5.74, 6) is -2.07. The minimum atomic E-state index is -0.814. The van der Waals surface area contributed by atoms with Crippen LogP contribution in [-0.4, -0.2) is 23.6 Å². The van der Waals surface area contributed by atoms with Gasteiger partial charge in [0.25, 0.3) is 0 Å². The maximum atomic E-state index is 12.3. The van der Waals surface area contributed by atoms with Crippen LogP contribution in [0.4, 0.5) is 0 Å². The third-order valence-corrected chi connectivity index (χ3v) is 3.82. The molecule has 3 rings (SSSR count). The van der Waals surface area contributed by atoms with Crippen LogP contribution in [0.3, 0.4) is 0 Å². The standard InChI is InChI=1S/C17H14O4/c18-13(7-6-11-4-2-1-3-5-11)17-12-10-16(20)21-15(12)9-8-14(17)19/h1-9,12,15,17H,10H2/t12-,15-,17?/m1/s1. The van der Waals surface area contributed by atoms with Gasteiger partial charge in [-0.25, -0.2) is 0 Å². The molecule has 1 heterocycles. The lowest BCUT2D eigenvalue weighted by Gasteiger charge is -2.24. The van der Waals surface area contributed by atoms with Crippen molar-refractivity contribution in [2.75, 3.05) is 0 Å². The molecule has 106 valence electrons. The van der Waals surface area contributed by atoms with E-state index in [0.717, 1.165) is 5.56 Å². The zero-order valence-electron chi connectivity index (χ0n) is 11.3. The number of esters is 1. The van der Waals surface area contributed by atoms with Gasteiger partial charge in [-0.05, 0) is 23.8 Å². The minimum Gasteiger partial charge on any atom is -0.458 e. The summed E-state index contributed by atoms with van der Waals surface area (Å²) in [5, 5.41) is 0. The smallest absolute Gasteiger partial charge is 0.306 e.